The van der Waals surface area contributed by atoms with Gasteiger partial charge in [0.25, 0.3) is 0 Å². The van der Waals surface area contributed by atoms with E-state index in [2.05, 4.69) is 15.1 Å². The van der Waals surface area contributed by atoms with Crippen LogP contribution in [0.2, 0.25) is 0 Å². The Kier molecular flexibility index (Phi) is 2.26. The van der Waals surface area contributed by atoms with Gasteiger partial charge in [-0.25, -0.2) is 9.50 Å². The van der Waals surface area contributed by atoms with E-state index in [1.807, 2.05) is 26.0 Å². The van der Waals surface area contributed by atoms with E-state index in [-0.39, 0.29) is 0 Å². The number of aryl methyl sites for hydroxylation is 1. The van der Waals surface area contributed by atoms with Crippen molar-refractivity contribution in [1.82, 2.24) is 19.6 Å². The number of nitrogens with zero attached hydrogens (tertiary/aromatic N) is 4. The molecule has 0 unspecified atom stereocenters. The Hall–Kier alpha value is -2.43. The molecule has 5 heteroatoms. The molecule has 5 nitrogen and oxygen atoms in total. The molecule has 0 aliphatic heterocycles. The predicted octanol–water partition coefficient (Wildman–Crippen LogP) is 1.99. The first-order chi connectivity index (χ1) is 8.68. The van der Waals surface area contributed by atoms with E-state index < -0.39 is 0 Å². The number of imidazole rings is 1. The molecular formula is C13H13N5. The molecule has 0 aromatic carbocycles. The number of rotatable bonds is 1. The molecule has 0 aliphatic carbocycles. The van der Waals surface area contributed by atoms with E-state index in [4.69, 9.17) is 5.73 Å². The van der Waals surface area contributed by atoms with Crippen molar-refractivity contribution in [3.63, 3.8) is 0 Å². The summed E-state index contributed by atoms with van der Waals surface area (Å²) in [7, 11) is 0. The Bertz CT molecular complexity index is 715. The Morgan fingerprint density at radius 2 is 1.89 bits per heavy atom. The van der Waals surface area contributed by atoms with Crippen LogP contribution in [0.15, 0.2) is 30.7 Å². The first-order valence-corrected chi connectivity index (χ1v) is 5.69. The maximum absolute atomic E-state index is 6.15. The van der Waals surface area contributed by atoms with Crippen LogP contribution in [0.1, 0.15) is 11.4 Å². The van der Waals surface area contributed by atoms with Crippen LogP contribution in [0.4, 0.5) is 5.69 Å². The summed E-state index contributed by atoms with van der Waals surface area (Å²) in [5.74, 6) is 0.826. The molecule has 90 valence electrons. The van der Waals surface area contributed by atoms with Crippen molar-refractivity contribution >= 4 is 11.2 Å². The number of nitrogens with two attached hydrogens (primary N) is 1. The zero-order chi connectivity index (χ0) is 12.7. The molecule has 0 fully saturated rings. The molecule has 3 heterocycles. The summed E-state index contributed by atoms with van der Waals surface area (Å²) in [6.07, 6.45) is 5.25. The van der Waals surface area contributed by atoms with Gasteiger partial charge in [-0.05, 0) is 26.0 Å². The van der Waals surface area contributed by atoms with Crippen molar-refractivity contribution in [3.05, 3.63) is 42.1 Å². The average Bonchev–Trinajstić information content (AvgIpc) is 2.77. The molecule has 0 radical (unpaired) electrons. The van der Waals surface area contributed by atoms with Crippen LogP contribution in [0.3, 0.4) is 0 Å². The van der Waals surface area contributed by atoms with Gasteiger partial charge in [-0.2, -0.15) is 5.10 Å². The van der Waals surface area contributed by atoms with Gasteiger partial charge in [0.2, 0.25) is 0 Å². The number of nitrogen functional groups attached to an aromatic ring is 1. The highest BCUT2D eigenvalue weighted by Crippen LogP contribution is 2.27. The van der Waals surface area contributed by atoms with Crippen molar-refractivity contribution in [2.75, 3.05) is 5.73 Å². The fourth-order valence-electron chi connectivity index (χ4n) is 2.03. The van der Waals surface area contributed by atoms with E-state index in [1.165, 1.54) is 0 Å². The largest absolute Gasteiger partial charge is 0.397 e. The van der Waals surface area contributed by atoms with Crippen molar-refractivity contribution in [2.24, 2.45) is 0 Å². The smallest absolute Gasteiger partial charge is 0.127 e. The second-order valence-electron chi connectivity index (χ2n) is 4.23. The van der Waals surface area contributed by atoms with Crippen molar-refractivity contribution in [2.45, 2.75) is 13.8 Å². The minimum Gasteiger partial charge on any atom is -0.397 e. The number of hydrogen-bond donors (Lipinski definition) is 1. The molecule has 0 amide bonds. The molecule has 0 aliphatic rings. The summed E-state index contributed by atoms with van der Waals surface area (Å²) >= 11 is 0. The predicted molar refractivity (Wildman–Crippen MR) is 70.1 cm³/mol. The molecule has 3 aromatic rings. The summed E-state index contributed by atoms with van der Waals surface area (Å²) in [5, 5.41) is 4.61. The summed E-state index contributed by atoms with van der Waals surface area (Å²) in [4.78, 5) is 8.26. The lowest BCUT2D eigenvalue weighted by Gasteiger charge is -2.10. The van der Waals surface area contributed by atoms with Crippen LogP contribution in [-0.4, -0.2) is 19.6 Å². The normalized spacial score (nSPS) is 11.0. The van der Waals surface area contributed by atoms with Gasteiger partial charge in [0.1, 0.15) is 11.3 Å². The first-order valence-electron chi connectivity index (χ1n) is 5.69. The third-order valence-electron chi connectivity index (χ3n) is 3.10. The van der Waals surface area contributed by atoms with Crippen molar-refractivity contribution < 1.29 is 0 Å². The lowest BCUT2D eigenvalue weighted by molar-refractivity contribution is 0.878. The van der Waals surface area contributed by atoms with Crippen LogP contribution in [-0.2, 0) is 0 Å². The minimum absolute atomic E-state index is 0.720. The number of anilines is 1. The molecular weight excluding hydrogens is 226 g/mol. The van der Waals surface area contributed by atoms with Gasteiger partial charge >= 0.3 is 0 Å². The number of aromatic nitrogens is 4. The first kappa shape index (κ1) is 10.7. The standard InChI is InChI=1S/C13H13N5/c1-8-12(14)11-7-16-9(2)18(11)17-13(8)10-3-5-15-6-4-10/h3-7H,14H2,1-2H3. The summed E-state index contributed by atoms with van der Waals surface area (Å²) in [6, 6.07) is 3.85. The lowest BCUT2D eigenvalue weighted by Crippen LogP contribution is -2.04. The summed E-state index contributed by atoms with van der Waals surface area (Å²) in [6.45, 7) is 3.88. The van der Waals surface area contributed by atoms with Crippen LogP contribution >= 0.6 is 0 Å². The molecule has 0 saturated heterocycles. The Labute approximate surface area is 104 Å². The molecule has 0 atom stereocenters. The zero-order valence-electron chi connectivity index (χ0n) is 10.3. The second kappa shape index (κ2) is 3.80. The van der Waals surface area contributed by atoms with Crippen LogP contribution in [0, 0.1) is 13.8 Å². The molecule has 3 rings (SSSR count). The van der Waals surface area contributed by atoms with E-state index >= 15 is 0 Å². The quantitative estimate of drug-likeness (QED) is 0.705. The monoisotopic (exact) mass is 239 g/mol. The van der Waals surface area contributed by atoms with Gasteiger partial charge in [-0.3, -0.25) is 4.98 Å². The highest BCUT2D eigenvalue weighted by molar-refractivity contribution is 5.78. The van der Waals surface area contributed by atoms with Gasteiger partial charge in [0, 0.05) is 23.5 Å². The van der Waals surface area contributed by atoms with E-state index in [9.17, 15) is 0 Å². The fourth-order valence-corrected chi connectivity index (χ4v) is 2.03. The Morgan fingerprint density at radius 3 is 2.61 bits per heavy atom. The lowest BCUT2D eigenvalue weighted by atomic mass is 10.1. The highest BCUT2D eigenvalue weighted by atomic mass is 15.3. The zero-order valence-corrected chi connectivity index (χ0v) is 10.3. The second-order valence-corrected chi connectivity index (χ2v) is 4.23. The molecule has 18 heavy (non-hydrogen) atoms. The van der Waals surface area contributed by atoms with Crippen LogP contribution in [0.5, 0.6) is 0 Å². The maximum atomic E-state index is 6.15. The van der Waals surface area contributed by atoms with E-state index in [0.29, 0.717) is 0 Å². The van der Waals surface area contributed by atoms with Crippen molar-refractivity contribution in [3.8, 4) is 11.3 Å². The van der Waals surface area contributed by atoms with Crippen molar-refractivity contribution in [1.29, 1.82) is 0 Å². The highest BCUT2D eigenvalue weighted by Gasteiger charge is 2.12. The van der Waals surface area contributed by atoms with Gasteiger partial charge in [0.15, 0.2) is 0 Å². The van der Waals surface area contributed by atoms with Crippen LogP contribution < -0.4 is 5.73 Å². The Balaban J connectivity index is 2.36. The van der Waals surface area contributed by atoms with Crippen LogP contribution in [0.25, 0.3) is 16.8 Å². The number of hydrogen-bond acceptors (Lipinski definition) is 4. The van der Waals surface area contributed by atoms with Gasteiger partial charge < -0.3 is 5.73 Å². The Morgan fingerprint density at radius 1 is 1.17 bits per heavy atom. The third-order valence-corrected chi connectivity index (χ3v) is 3.10. The topological polar surface area (TPSA) is 69.1 Å². The minimum atomic E-state index is 0.720. The molecule has 0 spiro atoms. The van der Waals surface area contributed by atoms with Gasteiger partial charge in [-0.1, -0.05) is 0 Å². The maximum Gasteiger partial charge on any atom is 0.127 e. The van der Waals surface area contributed by atoms with Gasteiger partial charge in [-0.15, -0.1) is 0 Å². The molecule has 0 bridgehead atoms. The van der Waals surface area contributed by atoms with E-state index in [1.54, 1.807) is 23.1 Å². The summed E-state index contributed by atoms with van der Waals surface area (Å²) in [5.41, 5.74) is 10.6. The SMILES string of the molecule is Cc1c(-c2ccncc2)nn2c(C)ncc2c1N. The number of pyridine rings is 1. The summed E-state index contributed by atoms with van der Waals surface area (Å²) < 4.78 is 1.78. The molecule has 2 N–H and O–H groups in total. The van der Waals surface area contributed by atoms with E-state index in [0.717, 1.165) is 33.8 Å². The third kappa shape index (κ3) is 1.44. The average molecular weight is 239 g/mol. The number of fused-ring (bicyclic) bond motifs is 1. The fraction of sp³-hybridized carbons (Fsp3) is 0.154. The van der Waals surface area contributed by atoms with Gasteiger partial charge in [0.05, 0.1) is 17.6 Å². The molecule has 0 saturated carbocycles. The molecule has 3 aromatic heterocycles.